The zero-order valence-corrected chi connectivity index (χ0v) is 12.5. The Morgan fingerprint density at radius 1 is 1.20 bits per heavy atom. The molecule has 0 bridgehead atoms. The third-order valence-corrected chi connectivity index (χ3v) is 4.49. The van der Waals surface area contributed by atoms with Crippen LogP contribution < -0.4 is 11.1 Å². The van der Waals surface area contributed by atoms with Crippen molar-refractivity contribution in [2.75, 3.05) is 6.54 Å². The Hall–Kier alpha value is -1.65. The zero-order chi connectivity index (χ0) is 14.4. The minimum atomic E-state index is -0.276. The Morgan fingerprint density at radius 2 is 1.90 bits per heavy atom. The predicted octanol–water partition coefficient (Wildman–Crippen LogP) is 2.67. The average Bonchev–Trinajstić information content (AvgIpc) is 2.95. The first-order chi connectivity index (χ1) is 9.74. The second-order valence-electron chi connectivity index (χ2n) is 4.64. The van der Waals surface area contributed by atoms with E-state index in [4.69, 9.17) is 5.73 Å². The molecule has 0 spiro atoms. The van der Waals surface area contributed by atoms with Crippen LogP contribution >= 0.6 is 11.3 Å². The number of amides is 1. The number of benzene rings is 1. The number of nitrogens with two attached hydrogens (primary N) is 1. The number of carbonyl (C=O) groups excluding carboxylic acids is 1. The van der Waals surface area contributed by atoms with Gasteiger partial charge in [-0.2, -0.15) is 0 Å². The van der Waals surface area contributed by atoms with Crippen molar-refractivity contribution in [3.8, 4) is 0 Å². The Bertz CT molecular complexity index is 551. The molecule has 0 aliphatic carbocycles. The maximum Gasteiger partial charge on any atom is 0.229 e. The monoisotopic (exact) mass is 288 g/mol. The molecule has 4 heteroatoms. The van der Waals surface area contributed by atoms with Crippen LogP contribution in [0.5, 0.6) is 0 Å². The third kappa shape index (κ3) is 3.68. The molecule has 2 aromatic rings. The molecular formula is C16H20N2OS. The lowest BCUT2D eigenvalue weighted by atomic mass is 9.98. The normalized spacial score (nSPS) is 12.1. The second-order valence-corrected chi connectivity index (χ2v) is 5.89. The molecule has 2 rings (SSSR count). The van der Waals surface area contributed by atoms with Crippen LogP contribution in [0.1, 0.15) is 28.2 Å². The predicted molar refractivity (Wildman–Crippen MR) is 83.8 cm³/mol. The number of rotatable bonds is 6. The quantitative estimate of drug-likeness (QED) is 0.858. The molecule has 0 radical (unpaired) electrons. The Balaban J connectivity index is 1.96. The molecule has 1 atom stereocenters. The lowest BCUT2D eigenvalue weighted by Gasteiger charge is -2.14. The van der Waals surface area contributed by atoms with E-state index >= 15 is 0 Å². The summed E-state index contributed by atoms with van der Waals surface area (Å²) in [5.74, 6) is -0.285. The zero-order valence-electron chi connectivity index (χ0n) is 11.6. The molecule has 106 valence electrons. The van der Waals surface area contributed by atoms with Crippen LogP contribution in [-0.2, 0) is 17.8 Å². The van der Waals surface area contributed by atoms with E-state index in [9.17, 15) is 4.79 Å². The molecule has 1 heterocycles. The number of carbonyl (C=O) groups is 1. The van der Waals surface area contributed by atoms with Crippen LogP contribution in [0, 0.1) is 0 Å². The van der Waals surface area contributed by atoms with Gasteiger partial charge in [0.1, 0.15) is 0 Å². The standard InChI is InChI=1S/C16H20N2OS/c1-2-13-8-9-14(20-13)11-18-16(19)15(10-17)12-6-4-3-5-7-12/h3-9,15H,2,10-11,17H2,1H3,(H,18,19). The lowest BCUT2D eigenvalue weighted by molar-refractivity contribution is -0.122. The summed E-state index contributed by atoms with van der Waals surface area (Å²) in [6.45, 7) is 3.03. The molecule has 1 aromatic carbocycles. The fourth-order valence-electron chi connectivity index (χ4n) is 2.08. The van der Waals surface area contributed by atoms with Gasteiger partial charge in [-0.25, -0.2) is 0 Å². The molecule has 0 saturated carbocycles. The van der Waals surface area contributed by atoms with Crippen LogP contribution in [0.2, 0.25) is 0 Å². The van der Waals surface area contributed by atoms with E-state index in [-0.39, 0.29) is 11.8 Å². The van der Waals surface area contributed by atoms with Crippen molar-refractivity contribution in [1.29, 1.82) is 0 Å². The fraction of sp³-hybridized carbons (Fsp3) is 0.312. The molecule has 3 nitrogen and oxygen atoms in total. The molecule has 1 aromatic heterocycles. The van der Waals surface area contributed by atoms with Gasteiger partial charge in [-0.05, 0) is 24.1 Å². The van der Waals surface area contributed by atoms with E-state index in [1.165, 1.54) is 9.75 Å². The molecule has 1 amide bonds. The van der Waals surface area contributed by atoms with Gasteiger partial charge in [0.25, 0.3) is 0 Å². The van der Waals surface area contributed by atoms with Crippen LogP contribution in [0.15, 0.2) is 42.5 Å². The van der Waals surface area contributed by atoms with Crippen LogP contribution in [0.25, 0.3) is 0 Å². The smallest absolute Gasteiger partial charge is 0.229 e. The van der Waals surface area contributed by atoms with E-state index < -0.39 is 0 Å². The van der Waals surface area contributed by atoms with Crippen molar-refractivity contribution in [2.24, 2.45) is 5.73 Å². The highest BCUT2D eigenvalue weighted by Crippen LogP contribution is 2.18. The average molecular weight is 288 g/mol. The highest BCUT2D eigenvalue weighted by molar-refractivity contribution is 7.11. The van der Waals surface area contributed by atoms with Crippen LogP contribution in [-0.4, -0.2) is 12.5 Å². The highest BCUT2D eigenvalue weighted by Gasteiger charge is 2.18. The minimum absolute atomic E-state index is 0.00912. The summed E-state index contributed by atoms with van der Waals surface area (Å²) in [7, 11) is 0. The summed E-state index contributed by atoms with van der Waals surface area (Å²) < 4.78 is 0. The SMILES string of the molecule is CCc1ccc(CNC(=O)C(CN)c2ccccc2)s1. The van der Waals surface area contributed by atoms with E-state index in [1.54, 1.807) is 11.3 Å². The molecule has 0 saturated heterocycles. The van der Waals surface area contributed by atoms with Gasteiger partial charge in [-0.15, -0.1) is 11.3 Å². The van der Waals surface area contributed by atoms with Gasteiger partial charge in [-0.3, -0.25) is 4.79 Å². The fourth-order valence-corrected chi connectivity index (χ4v) is 2.98. The topological polar surface area (TPSA) is 55.1 Å². The van der Waals surface area contributed by atoms with E-state index in [0.717, 1.165) is 12.0 Å². The van der Waals surface area contributed by atoms with Crippen molar-refractivity contribution in [3.63, 3.8) is 0 Å². The third-order valence-electron chi connectivity index (χ3n) is 3.26. The summed E-state index contributed by atoms with van der Waals surface area (Å²) in [4.78, 5) is 14.8. The number of nitrogens with one attached hydrogen (secondary N) is 1. The first kappa shape index (κ1) is 14.8. The maximum absolute atomic E-state index is 12.2. The van der Waals surface area contributed by atoms with Gasteiger partial charge in [0.05, 0.1) is 12.5 Å². The van der Waals surface area contributed by atoms with Gasteiger partial charge >= 0.3 is 0 Å². The van der Waals surface area contributed by atoms with Gasteiger partial charge in [0, 0.05) is 16.3 Å². The van der Waals surface area contributed by atoms with Crippen molar-refractivity contribution in [3.05, 3.63) is 57.8 Å². The molecule has 1 unspecified atom stereocenters. The molecule has 20 heavy (non-hydrogen) atoms. The Kier molecular flexibility index (Phi) is 5.32. The number of aryl methyl sites for hydroxylation is 1. The van der Waals surface area contributed by atoms with Crippen LogP contribution in [0.4, 0.5) is 0 Å². The second kappa shape index (κ2) is 7.22. The number of hydrogen-bond acceptors (Lipinski definition) is 3. The first-order valence-corrected chi connectivity index (χ1v) is 7.66. The molecule has 0 aliphatic heterocycles. The summed E-state index contributed by atoms with van der Waals surface area (Å²) >= 11 is 1.74. The first-order valence-electron chi connectivity index (χ1n) is 6.85. The van der Waals surface area contributed by atoms with Crippen molar-refractivity contribution in [1.82, 2.24) is 5.32 Å². The molecule has 0 aliphatic rings. The molecular weight excluding hydrogens is 268 g/mol. The van der Waals surface area contributed by atoms with Gasteiger partial charge in [0.15, 0.2) is 0 Å². The van der Waals surface area contributed by atoms with Gasteiger partial charge in [-0.1, -0.05) is 37.3 Å². The van der Waals surface area contributed by atoms with Gasteiger partial charge in [0.2, 0.25) is 5.91 Å². The van der Waals surface area contributed by atoms with Crippen molar-refractivity contribution in [2.45, 2.75) is 25.8 Å². The summed E-state index contributed by atoms with van der Waals surface area (Å²) in [5, 5.41) is 2.98. The van der Waals surface area contributed by atoms with Crippen molar-refractivity contribution >= 4 is 17.2 Å². The minimum Gasteiger partial charge on any atom is -0.351 e. The highest BCUT2D eigenvalue weighted by atomic mass is 32.1. The largest absolute Gasteiger partial charge is 0.351 e. The van der Waals surface area contributed by atoms with Gasteiger partial charge < -0.3 is 11.1 Å². The number of thiophene rings is 1. The van der Waals surface area contributed by atoms with E-state index in [0.29, 0.717) is 13.1 Å². The Labute approximate surface area is 123 Å². The Morgan fingerprint density at radius 3 is 2.50 bits per heavy atom. The summed E-state index contributed by atoms with van der Waals surface area (Å²) in [5.41, 5.74) is 6.71. The van der Waals surface area contributed by atoms with E-state index in [1.807, 2.05) is 30.3 Å². The molecule has 3 N–H and O–H groups in total. The maximum atomic E-state index is 12.2. The summed E-state index contributed by atoms with van der Waals surface area (Å²) in [6, 6.07) is 13.9. The molecule has 0 fully saturated rings. The van der Waals surface area contributed by atoms with Crippen LogP contribution in [0.3, 0.4) is 0 Å². The number of hydrogen-bond donors (Lipinski definition) is 2. The lowest BCUT2D eigenvalue weighted by Crippen LogP contribution is -2.32. The summed E-state index contributed by atoms with van der Waals surface area (Å²) in [6.07, 6.45) is 1.04. The van der Waals surface area contributed by atoms with Crippen molar-refractivity contribution < 1.29 is 4.79 Å². The van der Waals surface area contributed by atoms with E-state index in [2.05, 4.69) is 24.4 Å².